The number of nitrogen functional groups attached to an aromatic ring is 1. The van der Waals surface area contributed by atoms with Crippen molar-refractivity contribution in [3.63, 3.8) is 0 Å². The molecule has 0 fully saturated rings. The molecule has 0 aliphatic heterocycles. The van der Waals surface area contributed by atoms with Gasteiger partial charge in [-0.2, -0.15) is 0 Å². The number of nitrogens with one attached hydrogen (secondary N) is 1. The van der Waals surface area contributed by atoms with E-state index in [1.165, 1.54) is 0 Å². The van der Waals surface area contributed by atoms with Gasteiger partial charge in [0.2, 0.25) is 0 Å². The molecule has 0 unspecified atom stereocenters. The van der Waals surface area contributed by atoms with Crippen molar-refractivity contribution in [3.05, 3.63) is 52.8 Å². The molecule has 4 nitrogen and oxygen atoms in total. The number of benzene rings is 1. The molecule has 1 amide bonds. The van der Waals surface area contributed by atoms with E-state index in [0.717, 1.165) is 16.8 Å². The summed E-state index contributed by atoms with van der Waals surface area (Å²) in [4.78, 5) is 16.3. The quantitative estimate of drug-likeness (QED) is 0.867. The number of hydrogen-bond donors (Lipinski definition) is 2. The minimum atomic E-state index is -0.189. The SMILES string of the molecule is Cc1cccc(NC(=O)c2cc(N)cnc2C)c1C. The summed E-state index contributed by atoms with van der Waals surface area (Å²) in [6.07, 6.45) is 1.55. The maximum Gasteiger partial charge on any atom is 0.257 e. The molecule has 2 aromatic rings. The average molecular weight is 255 g/mol. The smallest absolute Gasteiger partial charge is 0.257 e. The molecule has 19 heavy (non-hydrogen) atoms. The lowest BCUT2D eigenvalue weighted by molar-refractivity contribution is 0.102. The van der Waals surface area contributed by atoms with E-state index < -0.39 is 0 Å². The van der Waals surface area contributed by atoms with Crippen LogP contribution in [0.3, 0.4) is 0 Å². The van der Waals surface area contributed by atoms with Gasteiger partial charge in [0, 0.05) is 5.69 Å². The Morgan fingerprint density at radius 2 is 2.00 bits per heavy atom. The summed E-state index contributed by atoms with van der Waals surface area (Å²) in [6, 6.07) is 7.46. The van der Waals surface area contributed by atoms with Crippen LogP contribution in [0, 0.1) is 20.8 Å². The van der Waals surface area contributed by atoms with Gasteiger partial charge in [0.1, 0.15) is 0 Å². The monoisotopic (exact) mass is 255 g/mol. The van der Waals surface area contributed by atoms with Gasteiger partial charge in [0.25, 0.3) is 5.91 Å². The van der Waals surface area contributed by atoms with E-state index in [-0.39, 0.29) is 5.91 Å². The molecule has 0 aliphatic rings. The summed E-state index contributed by atoms with van der Waals surface area (Å²) >= 11 is 0. The van der Waals surface area contributed by atoms with Crippen LogP contribution in [0.1, 0.15) is 27.2 Å². The fourth-order valence-corrected chi connectivity index (χ4v) is 1.86. The van der Waals surface area contributed by atoms with E-state index in [4.69, 9.17) is 5.73 Å². The minimum Gasteiger partial charge on any atom is -0.397 e. The average Bonchev–Trinajstić information content (AvgIpc) is 2.38. The van der Waals surface area contributed by atoms with E-state index in [2.05, 4.69) is 10.3 Å². The normalized spacial score (nSPS) is 10.3. The van der Waals surface area contributed by atoms with Crippen molar-refractivity contribution in [1.82, 2.24) is 4.98 Å². The van der Waals surface area contributed by atoms with Crippen LogP contribution < -0.4 is 11.1 Å². The first-order valence-electron chi connectivity index (χ1n) is 6.08. The van der Waals surface area contributed by atoms with E-state index >= 15 is 0 Å². The summed E-state index contributed by atoms with van der Waals surface area (Å²) in [5.74, 6) is -0.189. The highest BCUT2D eigenvalue weighted by atomic mass is 16.1. The van der Waals surface area contributed by atoms with Crippen molar-refractivity contribution in [2.24, 2.45) is 0 Å². The van der Waals surface area contributed by atoms with Crippen LogP contribution in [-0.4, -0.2) is 10.9 Å². The van der Waals surface area contributed by atoms with Gasteiger partial charge in [-0.25, -0.2) is 0 Å². The number of anilines is 2. The van der Waals surface area contributed by atoms with Gasteiger partial charge in [-0.05, 0) is 44.0 Å². The number of carbonyl (C=O) groups excluding carboxylic acids is 1. The fourth-order valence-electron chi connectivity index (χ4n) is 1.86. The van der Waals surface area contributed by atoms with Crippen molar-refractivity contribution in [2.45, 2.75) is 20.8 Å². The number of pyridine rings is 1. The molecular formula is C15H17N3O. The van der Waals surface area contributed by atoms with Gasteiger partial charge in [-0.3, -0.25) is 9.78 Å². The van der Waals surface area contributed by atoms with Crippen molar-refractivity contribution in [2.75, 3.05) is 11.1 Å². The van der Waals surface area contributed by atoms with E-state index in [0.29, 0.717) is 16.9 Å². The molecule has 0 bridgehead atoms. The number of carbonyl (C=O) groups is 1. The number of aromatic nitrogens is 1. The Hall–Kier alpha value is -2.36. The molecule has 0 saturated heterocycles. The largest absolute Gasteiger partial charge is 0.397 e. The molecule has 4 heteroatoms. The zero-order chi connectivity index (χ0) is 14.0. The summed E-state index contributed by atoms with van der Waals surface area (Å²) in [6.45, 7) is 5.78. The van der Waals surface area contributed by atoms with E-state index in [1.54, 1.807) is 19.2 Å². The third-order valence-electron chi connectivity index (χ3n) is 3.21. The second-order valence-electron chi connectivity index (χ2n) is 4.60. The molecule has 0 spiro atoms. The first kappa shape index (κ1) is 13.1. The topological polar surface area (TPSA) is 68.0 Å². The standard InChI is InChI=1S/C15H17N3O/c1-9-5-4-6-14(10(9)2)18-15(19)13-7-12(16)8-17-11(13)3/h4-8H,16H2,1-3H3,(H,18,19). The highest BCUT2D eigenvalue weighted by Gasteiger charge is 2.12. The number of nitrogens with two attached hydrogens (primary N) is 1. The van der Waals surface area contributed by atoms with Crippen molar-refractivity contribution >= 4 is 17.3 Å². The van der Waals surface area contributed by atoms with Crippen molar-refractivity contribution in [3.8, 4) is 0 Å². The van der Waals surface area contributed by atoms with Crippen LogP contribution in [0.4, 0.5) is 11.4 Å². The predicted molar refractivity (Wildman–Crippen MR) is 77.3 cm³/mol. The number of rotatable bonds is 2. The van der Waals surface area contributed by atoms with Crippen LogP contribution in [0.15, 0.2) is 30.5 Å². The molecule has 98 valence electrons. The lowest BCUT2D eigenvalue weighted by Gasteiger charge is -2.11. The lowest BCUT2D eigenvalue weighted by atomic mass is 10.1. The van der Waals surface area contributed by atoms with Crippen LogP contribution in [0.25, 0.3) is 0 Å². The van der Waals surface area contributed by atoms with Crippen LogP contribution in [0.5, 0.6) is 0 Å². The maximum absolute atomic E-state index is 12.2. The van der Waals surface area contributed by atoms with Crippen molar-refractivity contribution < 1.29 is 4.79 Å². The molecule has 0 saturated carbocycles. The van der Waals surface area contributed by atoms with Crippen molar-refractivity contribution in [1.29, 1.82) is 0 Å². The Labute approximate surface area is 112 Å². The predicted octanol–water partition coefficient (Wildman–Crippen LogP) is 2.84. The zero-order valence-corrected chi connectivity index (χ0v) is 11.3. The van der Waals surface area contributed by atoms with Crippen LogP contribution in [0.2, 0.25) is 0 Å². The Bertz CT molecular complexity index is 635. The molecular weight excluding hydrogens is 238 g/mol. The number of hydrogen-bond acceptors (Lipinski definition) is 3. The molecule has 1 aromatic heterocycles. The Kier molecular flexibility index (Phi) is 3.51. The molecule has 0 aliphatic carbocycles. The second-order valence-corrected chi connectivity index (χ2v) is 4.60. The Balaban J connectivity index is 2.31. The molecule has 2 rings (SSSR count). The fraction of sp³-hybridized carbons (Fsp3) is 0.200. The highest BCUT2D eigenvalue weighted by Crippen LogP contribution is 2.19. The zero-order valence-electron chi connectivity index (χ0n) is 11.3. The third kappa shape index (κ3) is 2.73. The molecule has 0 atom stereocenters. The lowest BCUT2D eigenvalue weighted by Crippen LogP contribution is -2.15. The molecule has 1 aromatic carbocycles. The first-order valence-corrected chi connectivity index (χ1v) is 6.08. The first-order chi connectivity index (χ1) is 8.99. The third-order valence-corrected chi connectivity index (χ3v) is 3.21. The van der Waals surface area contributed by atoms with Gasteiger partial charge in [-0.15, -0.1) is 0 Å². The highest BCUT2D eigenvalue weighted by molar-refractivity contribution is 6.05. The molecule has 3 N–H and O–H groups in total. The summed E-state index contributed by atoms with van der Waals surface area (Å²) in [5.41, 5.74) is 10.3. The minimum absolute atomic E-state index is 0.189. The summed E-state index contributed by atoms with van der Waals surface area (Å²) in [7, 11) is 0. The maximum atomic E-state index is 12.2. The van der Waals surface area contributed by atoms with Gasteiger partial charge < -0.3 is 11.1 Å². The molecule has 0 radical (unpaired) electrons. The van der Waals surface area contributed by atoms with Crippen LogP contribution >= 0.6 is 0 Å². The molecule has 1 heterocycles. The van der Waals surface area contributed by atoms with E-state index in [9.17, 15) is 4.79 Å². The van der Waals surface area contributed by atoms with Gasteiger partial charge in [0.15, 0.2) is 0 Å². The number of nitrogens with zero attached hydrogens (tertiary/aromatic N) is 1. The van der Waals surface area contributed by atoms with E-state index in [1.807, 2.05) is 32.0 Å². The summed E-state index contributed by atoms with van der Waals surface area (Å²) in [5, 5.41) is 2.90. The number of aryl methyl sites for hydroxylation is 2. The Morgan fingerprint density at radius 1 is 1.26 bits per heavy atom. The van der Waals surface area contributed by atoms with Gasteiger partial charge in [0.05, 0.1) is 23.1 Å². The summed E-state index contributed by atoms with van der Waals surface area (Å²) < 4.78 is 0. The van der Waals surface area contributed by atoms with Gasteiger partial charge >= 0.3 is 0 Å². The number of amides is 1. The second kappa shape index (κ2) is 5.10. The van der Waals surface area contributed by atoms with Gasteiger partial charge in [-0.1, -0.05) is 12.1 Å². The van der Waals surface area contributed by atoms with Crippen LogP contribution in [-0.2, 0) is 0 Å². The Morgan fingerprint density at radius 3 is 2.74 bits per heavy atom.